The first-order valence-corrected chi connectivity index (χ1v) is 9.27. The van der Waals surface area contributed by atoms with E-state index in [1.54, 1.807) is 13.8 Å². The number of aliphatic hydroxyl groups excluding tert-OH is 1. The van der Waals surface area contributed by atoms with E-state index in [1.807, 2.05) is 20.8 Å². The van der Waals surface area contributed by atoms with Crippen molar-refractivity contribution in [1.82, 2.24) is 0 Å². The highest BCUT2D eigenvalue weighted by Crippen LogP contribution is 2.31. The van der Waals surface area contributed by atoms with E-state index in [9.17, 15) is 14.7 Å². The molecule has 4 heteroatoms. The van der Waals surface area contributed by atoms with Crippen LogP contribution in [0.1, 0.15) is 60.8 Å². The number of Topliss-reactive ketones (excluding diaryl/α,β-unsaturated/α-hetero) is 1. The second-order valence-electron chi connectivity index (χ2n) is 8.26. The number of ketones is 1. The molecule has 0 aromatic heterocycles. The van der Waals surface area contributed by atoms with Gasteiger partial charge in [-0.15, -0.1) is 0 Å². The van der Waals surface area contributed by atoms with E-state index in [1.165, 1.54) is 0 Å². The van der Waals surface area contributed by atoms with Gasteiger partial charge in [0.25, 0.3) is 0 Å². The molecule has 25 heavy (non-hydrogen) atoms. The predicted molar refractivity (Wildman–Crippen MR) is 100.0 cm³/mol. The molecule has 0 amide bonds. The van der Waals surface area contributed by atoms with E-state index in [2.05, 4.69) is 25.2 Å². The fraction of sp³-hybridized carbons (Fsp3) is 0.714. The molecule has 0 aliphatic carbocycles. The lowest BCUT2D eigenvalue weighted by Crippen LogP contribution is -2.42. The van der Waals surface area contributed by atoms with E-state index in [4.69, 9.17) is 4.74 Å². The van der Waals surface area contributed by atoms with Crippen molar-refractivity contribution in [1.29, 1.82) is 0 Å². The van der Waals surface area contributed by atoms with E-state index in [-0.39, 0.29) is 30.6 Å². The van der Waals surface area contributed by atoms with E-state index >= 15 is 0 Å². The Morgan fingerprint density at radius 1 is 1.20 bits per heavy atom. The molecule has 0 spiro atoms. The summed E-state index contributed by atoms with van der Waals surface area (Å²) in [5.41, 5.74) is 0.167. The lowest BCUT2D eigenvalue weighted by molar-refractivity contribution is -0.151. The Hall–Kier alpha value is -1.42. The average molecular weight is 350 g/mol. The third kappa shape index (κ3) is 6.77. The van der Waals surface area contributed by atoms with Crippen LogP contribution in [0.4, 0.5) is 0 Å². The Morgan fingerprint density at radius 2 is 1.84 bits per heavy atom. The van der Waals surface area contributed by atoms with Gasteiger partial charge in [0.05, 0.1) is 24.5 Å². The number of carbonyl (C=O) groups is 2. The van der Waals surface area contributed by atoms with Gasteiger partial charge >= 0.3 is 5.97 Å². The Kier molecular flexibility index (Phi) is 8.07. The molecule has 1 heterocycles. The van der Waals surface area contributed by atoms with Crippen LogP contribution in [0.2, 0.25) is 0 Å². The summed E-state index contributed by atoms with van der Waals surface area (Å²) < 4.78 is 5.27. The Labute approximate surface area is 152 Å². The second kappa shape index (κ2) is 9.33. The summed E-state index contributed by atoms with van der Waals surface area (Å²) >= 11 is 0. The first-order valence-electron chi connectivity index (χ1n) is 9.27. The van der Waals surface area contributed by atoms with Crippen molar-refractivity contribution >= 4 is 11.8 Å². The zero-order valence-electron chi connectivity index (χ0n) is 16.5. The first-order chi connectivity index (χ1) is 11.5. The minimum absolute atomic E-state index is 0.000156. The number of rotatable bonds is 0. The van der Waals surface area contributed by atoms with Gasteiger partial charge in [-0.05, 0) is 25.7 Å². The van der Waals surface area contributed by atoms with Crippen molar-refractivity contribution in [2.75, 3.05) is 6.61 Å². The highest BCUT2D eigenvalue weighted by Gasteiger charge is 2.39. The van der Waals surface area contributed by atoms with Crippen molar-refractivity contribution in [2.45, 2.75) is 66.9 Å². The summed E-state index contributed by atoms with van der Waals surface area (Å²) in [5.74, 6) is -0.138. The molecular weight excluding hydrogens is 316 g/mol. The number of hydrogen-bond acceptors (Lipinski definition) is 4. The number of aliphatic hydroxyl groups is 1. The van der Waals surface area contributed by atoms with Gasteiger partial charge in [0, 0.05) is 11.8 Å². The summed E-state index contributed by atoms with van der Waals surface area (Å²) in [6.45, 7) is 11.8. The van der Waals surface area contributed by atoms with Gasteiger partial charge in [-0.1, -0.05) is 58.4 Å². The van der Waals surface area contributed by atoms with Crippen molar-refractivity contribution in [3.05, 3.63) is 23.8 Å². The zero-order chi connectivity index (χ0) is 19.2. The van der Waals surface area contributed by atoms with Gasteiger partial charge in [0.1, 0.15) is 5.78 Å². The molecule has 0 aromatic rings. The molecule has 4 nitrogen and oxygen atoms in total. The fourth-order valence-electron chi connectivity index (χ4n) is 3.34. The van der Waals surface area contributed by atoms with Crippen LogP contribution >= 0.6 is 0 Å². The van der Waals surface area contributed by atoms with Crippen LogP contribution in [-0.2, 0) is 14.3 Å². The largest absolute Gasteiger partial charge is 0.465 e. The van der Waals surface area contributed by atoms with Gasteiger partial charge in [0.15, 0.2) is 0 Å². The SMILES string of the molecule is CC1=C/C(C)COC(=O)CC(O)C(C)(C)C(=O)C(C)CC(C)C\C=C\1. The summed E-state index contributed by atoms with van der Waals surface area (Å²) in [7, 11) is 0. The third-order valence-electron chi connectivity index (χ3n) is 5.01. The molecular formula is C21H34O4. The molecule has 4 atom stereocenters. The molecule has 0 radical (unpaired) electrons. The van der Waals surface area contributed by atoms with Gasteiger partial charge in [0.2, 0.25) is 0 Å². The van der Waals surface area contributed by atoms with E-state index in [0.29, 0.717) is 5.92 Å². The van der Waals surface area contributed by atoms with Crippen LogP contribution in [0.15, 0.2) is 23.8 Å². The first kappa shape index (κ1) is 21.6. The third-order valence-corrected chi connectivity index (χ3v) is 5.01. The molecule has 1 rings (SSSR count). The highest BCUT2D eigenvalue weighted by molar-refractivity contribution is 5.87. The van der Waals surface area contributed by atoms with Gasteiger partial charge in [-0.25, -0.2) is 0 Å². The molecule has 1 aliphatic rings. The summed E-state index contributed by atoms with van der Waals surface area (Å²) in [4.78, 5) is 24.8. The molecule has 4 unspecified atom stereocenters. The minimum Gasteiger partial charge on any atom is -0.465 e. The Bertz CT molecular complexity index is 530. The van der Waals surface area contributed by atoms with Crippen LogP contribution in [0.25, 0.3) is 0 Å². The lowest BCUT2D eigenvalue weighted by atomic mass is 9.74. The number of cyclic esters (lactones) is 1. The smallest absolute Gasteiger partial charge is 0.308 e. The van der Waals surface area contributed by atoms with Crippen LogP contribution in [-0.4, -0.2) is 29.6 Å². The van der Waals surface area contributed by atoms with Crippen molar-refractivity contribution in [3.8, 4) is 0 Å². The standard InChI is InChI=1S/C21H34O4/c1-14-8-7-9-15(2)11-17(4)20(24)21(5,6)18(22)12-19(23)25-13-16(3)10-14/h7-8,10,15-18,22H,9,11-13H2,1-6H3/b8-7+,14-10-. The van der Waals surface area contributed by atoms with Crippen LogP contribution in [0.5, 0.6) is 0 Å². The molecule has 0 fully saturated rings. The molecule has 0 saturated carbocycles. The number of esters is 1. The van der Waals surface area contributed by atoms with Gasteiger partial charge < -0.3 is 9.84 Å². The molecule has 0 bridgehead atoms. The normalized spacial score (nSPS) is 36.2. The summed E-state index contributed by atoms with van der Waals surface area (Å²) in [6.07, 6.45) is 6.78. The van der Waals surface area contributed by atoms with E-state index in [0.717, 1.165) is 18.4 Å². The molecule has 1 aliphatic heterocycles. The monoisotopic (exact) mass is 350 g/mol. The number of hydrogen-bond donors (Lipinski definition) is 1. The maximum absolute atomic E-state index is 12.8. The average Bonchev–Trinajstić information content (AvgIpc) is 2.51. The molecule has 0 saturated heterocycles. The topological polar surface area (TPSA) is 63.6 Å². The summed E-state index contributed by atoms with van der Waals surface area (Å²) in [5, 5.41) is 10.4. The number of carbonyl (C=O) groups excluding carboxylic acids is 2. The zero-order valence-corrected chi connectivity index (χ0v) is 16.5. The van der Waals surface area contributed by atoms with Gasteiger partial charge in [-0.2, -0.15) is 0 Å². The predicted octanol–water partition coefficient (Wildman–Crippen LogP) is 4.08. The van der Waals surface area contributed by atoms with Crippen molar-refractivity contribution < 1.29 is 19.4 Å². The number of ether oxygens (including phenoxy) is 1. The second-order valence-corrected chi connectivity index (χ2v) is 8.26. The number of allylic oxidation sites excluding steroid dienone is 3. The molecule has 0 aromatic carbocycles. The summed E-state index contributed by atoms with van der Waals surface area (Å²) in [6, 6.07) is 0. The maximum atomic E-state index is 12.8. The fourth-order valence-corrected chi connectivity index (χ4v) is 3.34. The Morgan fingerprint density at radius 3 is 2.48 bits per heavy atom. The van der Waals surface area contributed by atoms with Crippen molar-refractivity contribution in [2.24, 2.45) is 23.2 Å². The van der Waals surface area contributed by atoms with Gasteiger partial charge in [-0.3, -0.25) is 9.59 Å². The maximum Gasteiger partial charge on any atom is 0.308 e. The molecule has 1 N–H and O–H groups in total. The molecule has 142 valence electrons. The van der Waals surface area contributed by atoms with Crippen LogP contribution < -0.4 is 0 Å². The van der Waals surface area contributed by atoms with Crippen LogP contribution in [0, 0.1) is 23.2 Å². The quantitative estimate of drug-likeness (QED) is 0.669. The van der Waals surface area contributed by atoms with Crippen molar-refractivity contribution in [3.63, 3.8) is 0 Å². The highest BCUT2D eigenvalue weighted by atomic mass is 16.5. The Balaban J connectivity index is 3.00. The lowest BCUT2D eigenvalue weighted by Gasteiger charge is -2.32. The van der Waals surface area contributed by atoms with E-state index < -0.39 is 17.5 Å². The minimum atomic E-state index is -1.04. The van der Waals surface area contributed by atoms with Crippen LogP contribution in [0.3, 0.4) is 0 Å².